The molecule has 0 aliphatic rings. The van der Waals surface area contributed by atoms with Crippen molar-refractivity contribution >= 4 is 34.6 Å². The summed E-state index contributed by atoms with van der Waals surface area (Å²) in [6.07, 6.45) is 4.68. The number of rotatable bonds is 4. The normalized spacial score (nSPS) is 11.3. The van der Waals surface area contributed by atoms with Gasteiger partial charge in [-0.25, -0.2) is 10.4 Å². The van der Waals surface area contributed by atoms with E-state index in [2.05, 4.69) is 25.5 Å². The Balaban J connectivity index is 1.74. The standard InChI is InChI=1S/C19H14ClN5O/c20-13-5-3-4-12(8-13)17-15-6-1-2-7-16(15)24-18(17)19(26)25-23-10-14-9-21-11-22-14/h1-11,24H,(H,21,22)(H,25,26)/b23-10-. The second kappa shape index (κ2) is 6.85. The molecule has 0 aliphatic heterocycles. The number of imidazole rings is 1. The number of benzene rings is 2. The topological polar surface area (TPSA) is 85.9 Å². The molecule has 2 aromatic carbocycles. The van der Waals surface area contributed by atoms with E-state index in [0.717, 1.165) is 22.0 Å². The highest BCUT2D eigenvalue weighted by Gasteiger charge is 2.19. The van der Waals surface area contributed by atoms with Gasteiger partial charge in [-0.3, -0.25) is 4.79 Å². The first-order valence-corrected chi connectivity index (χ1v) is 8.29. The first-order valence-electron chi connectivity index (χ1n) is 7.91. The van der Waals surface area contributed by atoms with Crippen LogP contribution in [0.5, 0.6) is 0 Å². The largest absolute Gasteiger partial charge is 0.351 e. The fourth-order valence-corrected chi connectivity index (χ4v) is 3.00. The van der Waals surface area contributed by atoms with E-state index in [-0.39, 0.29) is 5.91 Å². The maximum Gasteiger partial charge on any atom is 0.288 e. The number of para-hydroxylation sites is 1. The number of fused-ring (bicyclic) bond motifs is 1. The highest BCUT2D eigenvalue weighted by atomic mass is 35.5. The fourth-order valence-electron chi connectivity index (χ4n) is 2.81. The van der Waals surface area contributed by atoms with Crippen LogP contribution in [0.1, 0.15) is 16.2 Å². The average Bonchev–Trinajstić information content (AvgIpc) is 3.29. The molecule has 2 aromatic heterocycles. The van der Waals surface area contributed by atoms with Crippen molar-refractivity contribution in [3.05, 3.63) is 77.5 Å². The van der Waals surface area contributed by atoms with Gasteiger partial charge >= 0.3 is 0 Å². The Morgan fingerprint density at radius 3 is 2.88 bits per heavy atom. The van der Waals surface area contributed by atoms with Gasteiger partial charge in [0.1, 0.15) is 11.4 Å². The predicted molar refractivity (Wildman–Crippen MR) is 102 cm³/mol. The van der Waals surface area contributed by atoms with E-state index in [1.807, 2.05) is 42.5 Å². The molecule has 0 radical (unpaired) electrons. The zero-order valence-electron chi connectivity index (χ0n) is 13.5. The molecule has 3 N–H and O–H groups in total. The number of aromatic amines is 2. The highest BCUT2D eigenvalue weighted by Crippen LogP contribution is 2.33. The summed E-state index contributed by atoms with van der Waals surface area (Å²) < 4.78 is 0. The summed E-state index contributed by atoms with van der Waals surface area (Å²) in [5, 5.41) is 5.51. The van der Waals surface area contributed by atoms with Gasteiger partial charge in [0.15, 0.2) is 0 Å². The first-order chi connectivity index (χ1) is 12.7. The lowest BCUT2D eigenvalue weighted by atomic mass is 10.0. The Labute approximate surface area is 153 Å². The van der Waals surface area contributed by atoms with Crippen LogP contribution in [0.3, 0.4) is 0 Å². The van der Waals surface area contributed by atoms with E-state index in [9.17, 15) is 4.79 Å². The van der Waals surface area contributed by atoms with Gasteiger partial charge < -0.3 is 9.97 Å². The molecule has 4 rings (SSSR count). The minimum Gasteiger partial charge on any atom is -0.351 e. The molecule has 0 unspecified atom stereocenters. The number of carbonyl (C=O) groups excluding carboxylic acids is 1. The number of amides is 1. The molecule has 26 heavy (non-hydrogen) atoms. The number of H-pyrrole nitrogens is 2. The van der Waals surface area contributed by atoms with Crippen LogP contribution >= 0.6 is 11.6 Å². The van der Waals surface area contributed by atoms with E-state index in [1.165, 1.54) is 12.5 Å². The third-order valence-corrected chi connectivity index (χ3v) is 4.16. The van der Waals surface area contributed by atoms with Crippen molar-refractivity contribution in [1.82, 2.24) is 20.4 Å². The lowest BCUT2D eigenvalue weighted by Gasteiger charge is -2.05. The number of hydrogen-bond donors (Lipinski definition) is 3. The minimum atomic E-state index is -0.344. The molecule has 0 atom stereocenters. The van der Waals surface area contributed by atoms with Gasteiger partial charge in [-0.1, -0.05) is 41.9 Å². The zero-order chi connectivity index (χ0) is 17.9. The predicted octanol–water partition coefficient (Wildman–Crippen LogP) is 3.98. The van der Waals surface area contributed by atoms with Crippen LogP contribution in [-0.4, -0.2) is 27.1 Å². The molecule has 6 nitrogen and oxygen atoms in total. The number of halogens is 1. The maximum absolute atomic E-state index is 12.7. The van der Waals surface area contributed by atoms with Crippen LogP contribution in [0.25, 0.3) is 22.0 Å². The Hall–Kier alpha value is -3.38. The quantitative estimate of drug-likeness (QED) is 0.378. The second-order valence-corrected chi connectivity index (χ2v) is 6.06. The third-order valence-electron chi connectivity index (χ3n) is 3.93. The summed E-state index contributed by atoms with van der Waals surface area (Å²) in [5.41, 5.74) is 6.09. The van der Waals surface area contributed by atoms with Crippen LogP contribution < -0.4 is 5.43 Å². The fraction of sp³-hybridized carbons (Fsp3) is 0. The van der Waals surface area contributed by atoms with E-state index < -0.39 is 0 Å². The van der Waals surface area contributed by atoms with Crippen molar-refractivity contribution in [2.24, 2.45) is 5.10 Å². The van der Waals surface area contributed by atoms with Crippen LogP contribution in [-0.2, 0) is 0 Å². The van der Waals surface area contributed by atoms with Crippen molar-refractivity contribution in [3.8, 4) is 11.1 Å². The zero-order valence-corrected chi connectivity index (χ0v) is 14.3. The molecule has 4 aromatic rings. The van der Waals surface area contributed by atoms with E-state index >= 15 is 0 Å². The van der Waals surface area contributed by atoms with E-state index in [0.29, 0.717) is 16.4 Å². The monoisotopic (exact) mass is 363 g/mol. The summed E-state index contributed by atoms with van der Waals surface area (Å²) in [7, 11) is 0. The number of nitrogens with zero attached hydrogens (tertiary/aromatic N) is 2. The molecule has 0 fully saturated rings. The van der Waals surface area contributed by atoms with Crippen LogP contribution in [0.15, 0.2) is 66.2 Å². The minimum absolute atomic E-state index is 0.344. The van der Waals surface area contributed by atoms with Crippen molar-refractivity contribution < 1.29 is 4.79 Å². The number of carbonyl (C=O) groups is 1. The molecule has 1 amide bonds. The number of hydrogen-bond acceptors (Lipinski definition) is 3. The summed E-state index contributed by atoms with van der Waals surface area (Å²) in [6, 6.07) is 15.1. The molecular weight excluding hydrogens is 350 g/mol. The van der Waals surface area contributed by atoms with Crippen molar-refractivity contribution in [3.63, 3.8) is 0 Å². The Morgan fingerprint density at radius 2 is 2.08 bits per heavy atom. The van der Waals surface area contributed by atoms with Gasteiger partial charge in [-0.15, -0.1) is 0 Å². The SMILES string of the molecule is O=C(N/N=C\c1c[nH]cn1)c1[nH]c2ccccc2c1-c1cccc(Cl)c1. The van der Waals surface area contributed by atoms with Gasteiger partial charge in [0.2, 0.25) is 0 Å². The summed E-state index contributed by atoms with van der Waals surface area (Å²) in [4.78, 5) is 22.7. The average molecular weight is 364 g/mol. The number of nitrogens with one attached hydrogen (secondary N) is 3. The molecule has 7 heteroatoms. The van der Waals surface area contributed by atoms with Crippen LogP contribution in [0.4, 0.5) is 0 Å². The van der Waals surface area contributed by atoms with Gasteiger partial charge in [0, 0.05) is 27.7 Å². The lowest BCUT2D eigenvalue weighted by Crippen LogP contribution is -2.18. The molecule has 0 saturated carbocycles. The molecule has 0 aliphatic carbocycles. The summed E-state index contributed by atoms with van der Waals surface area (Å²) in [6.45, 7) is 0. The Kier molecular flexibility index (Phi) is 4.25. The van der Waals surface area contributed by atoms with Gasteiger partial charge in [0.05, 0.1) is 12.5 Å². The van der Waals surface area contributed by atoms with Crippen LogP contribution in [0, 0.1) is 0 Å². The van der Waals surface area contributed by atoms with Crippen molar-refractivity contribution in [1.29, 1.82) is 0 Å². The number of hydrazone groups is 1. The third kappa shape index (κ3) is 3.10. The highest BCUT2D eigenvalue weighted by molar-refractivity contribution is 6.31. The maximum atomic E-state index is 12.7. The van der Waals surface area contributed by atoms with Crippen molar-refractivity contribution in [2.45, 2.75) is 0 Å². The molecule has 0 spiro atoms. The van der Waals surface area contributed by atoms with Gasteiger partial charge in [-0.05, 0) is 23.8 Å². The summed E-state index contributed by atoms with van der Waals surface area (Å²) in [5.74, 6) is -0.344. The molecule has 128 valence electrons. The van der Waals surface area contributed by atoms with E-state index in [4.69, 9.17) is 11.6 Å². The molecule has 0 bridgehead atoms. The first kappa shape index (κ1) is 16.1. The number of aromatic nitrogens is 3. The smallest absolute Gasteiger partial charge is 0.288 e. The lowest BCUT2D eigenvalue weighted by molar-refractivity contribution is 0.0951. The van der Waals surface area contributed by atoms with Crippen LogP contribution in [0.2, 0.25) is 5.02 Å². The van der Waals surface area contributed by atoms with Gasteiger partial charge in [0.25, 0.3) is 5.91 Å². The van der Waals surface area contributed by atoms with Gasteiger partial charge in [-0.2, -0.15) is 5.10 Å². The Morgan fingerprint density at radius 1 is 1.19 bits per heavy atom. The molecule has 2 heterocycles. The van der Waals surface area contributed by atoms with Crippen molar-refractivity contribution in [2.75, 3.05) is 0 Å². The summed E-state index contributed by atoms with van der Waals surface area (Å²) >= 11 is 6.14. The molecule has 0 saturated heterocycles. The van der Waals surface area contributed by atoms with E-state index in [1.54, 1.807) is 12.3 Å². The Bertz CT molecular complexity index is 1100. The second-order valence-electron chi connectivity index (χ2n) is 5.62. The molecular formula is C19H14ClN5O.